The van der Waals surface area contributed by atoms with Crippen LogP contribution in [-0.4, -0.2) is 40.0 Å². The molecule has 2 aromatic rings. The SMILES string of the molecule is CC(CS(=O)CC(F)(F)F)NC(=O)c1ccc(/C(F)=C/C(c2cc(Cl)c(F)c(Cl)c2)C(F)(F)F)cc1C(F)(F)F. The summed E-state index contributed by atoms with van der Waals surface area (Å²) in [5, 5.41) is 0.306. The highest BCUT2D eigenvalue weighted by molar-refractivity contribution is 7.85. The molecule has 222 valence electrons. The number of carbonyl (C=O) groups excluding carboxylic acids is 1. The van der Waals surface area contributed by atoms with E-state index in [4.69, 9.17) is 23.2 Å². The zero-order chi connectivity index (χ0) is 30.8. The predicted octanol–water partition coefficient (Wildman–Crippen LogP) is 8.24. The Morgan fingerprint density at radius 1 is 1.00 bits per heavy atom. The highest BCUT2D eigenvalue weighted by Gasteiger charge is 2.41. The lowest BCUT2D eigenvalue weighted by atomic mass is 9.95. The van der Waals surface area contributed by atoms with E-state index in [1.54, 1.807) is 0 Å². The number of alkyl halides is 9. The number of carbonyl (C=O) groups is 1. The van der Waals surface area contributed by atoms with Crippen molar-refractivity contribution >= 4 is 45.7 Å². The predicted molar refractivity (Wildman–Crippen MR) is 127 cm³/mol. The van der Waals surface area contributed by atoms with Gasteiger partial charge >= 0.3 is 18.5 Å². The lowest BCUT2D eigenvalue weighted by Crippen LogP contribution is -2.38. The highest BCUT2D eigenvalue weighted by atomic mass is 35.5. The number of rotatable bonds is 8. The van der Waals surface area contributed by atoms with Crippen LogP contribution in [0, 0.1) is 5.82 Å². The summed E-state index contributed by atoms with van der Waals surface area (Å²) < 4.78 is 159. The largest absolute Gasteiger partial charge is 0.417 e. The first-order valence-corrected chi connectivity index (χ1v) is 12.9. The first-order valence-electron chi connectivity index (χ1n) is 10.6. The summed E-state index contributed by atoms with van der Waals surface area (Å²) >= 11 is 11.0. The molecular weight excluding hydrogens is 634 g/mol. The Labute approximate surface area is 231 Å². The van der Waals surface area contributed by atoms with Crippen molar-refractivity contribution in [3.8, 4) is 0 Å². The molecule has 0 aliphatic carbocycles. The fourth-order valence-corrected chi connectivity index (χ4v) is 4.99. The summed E-state index contributed by atoms with van der Waals surface area (Å²) in [5.41, 5.74) is -4.73. The van der Waals surface area contributed by atoms with Gasteiger partial charge in [0.05, 0.1) is 21.2 Å². The van der Waals surface area contributed by atoms with Gasteiger partial charge in [-0.1, -0.05) is 29.3 Å². The molecule has 40 heavy (non-hydrogen) atoms. The van der Waals surface area contributed by atoms with Gasteiger partial charge in [0.1, 0.15) is 17.5 Å². The van der Waals surface area contributed by atoms with Gasteiger partial charge in [0, 0.05) is 28.2 Å². The Hall–Kier alpha value is -2.39. The molecule has 3 unspecified atom stereocenters. The second kappa shape index (κ2) is 12.6. The van der Waals surface area contributed by atoms with Crippen molar-refractivity contribution in [3.63, 3.8) is 0 Å². The van der Waals surface area contributed by atoms with Crippen LogP contribution in [0.2, 0.25) is 10.0 Å². The van der Waals surface area contributed by atoms with Gasteiger partial charge in [-0.15, -0.1) is 0 Å². The average Bonchev–Trinajstić information content (AvgIpc) is 2.77. The number of allylic oxidation sites excluding steroid dienone is 1. The van der Waals surface area contributed by atoms with Crippen LogP contribution in [0.5, 0.6) is 0 Å². The summed E-state index contributed by atoms with van der Waals surface area (Å²) in [6.45, 7) is 1.08. The van der Waals surface area contributed by atoms with Gasteiger partial charge in [-0.25, -0.2) is 8.78 Å². The summed E-state index contributed by atoms with van der Waals surface area (Å²) in [7, 11) is -2.51. The number of benzene rings is 2. The maximum Gasteiger partial charge on any atom is 0.417 e. The smallest absolute Gasteiger partial charge is 0.349 e. The molecule has 2 rings (SSSR count). The molecule has 0 aromatic heterocycles. The van der Waals surface area contributed by atoms with Crippen molar-refractivity contribution in [3.05, 3.63) is 74.5 Å². The number of halogens is 13. The third-order valence-corrected chi connectivity index (χ3v) is 7.09. The fraction of sp³-hybridized carbons (Fsp3) is 0.348. The van der Waals surface area contributed by atoms with E-state index in [1.165, 1.54) is 0 Å². The van der Waals surface area contributed by atoms with Gasteiger partial charge in [0.25, 0.3) is 5.91 Å². The summed E-state index contributed by atoms with van der Waals surface area (Å²) in [4.78, 5) is 12.4. The summed E-state index contributed by atoms with van der Waals surface area (Å²) in [5.74, 6) is -9.80. The molecule has 0 bridgehead atoms. The Bertz CT molecular complexity index is 1280. The van der Waals surface area contributed by atoms with Crippen LogP contribution in [-0.2, 0) is 17.0 Å². The molecule has 0 aliphatic heterocycles. The van der Waals surface area contributed by atoms with E-state index in [1.807, 2.05) is 5.32 Å². The molecule has 2 aromatic carbocycles. The molecule has 0 saturated heterocycles. The second-order valence-corrected chi connectivity index (χ2v) is 10.6. The maximum atomic E-state index is 14.9. The molecule has 0 saturated carbocycles. The van der Waals surface area contributed by atoms with Crippen molar-refractivity contribution in [1.82, 2.24) is 5.32 Å². The number of hydrogen-bond acceptors (Lipinski definition) is 2. The molecule has 0 heterocycles. The fourth-order valence-electron chi connectivity index (χ4n) is 3.37. The molecule has 3 nitrogen and oxygen atoms in total. The molecule has 1 N–H and O–H groups in total. The molecule has 3 atom stereocenters. The Kier molecular flexibility index (Phi) is 10.7. The summed E-state index contributed by atoms with van der Waals surface area (Å²) in [6, 6.07) is 0.833. The van der Waals surface area contributed by atoms with Crippen molar-refractivity contribution < 1.29 is 57.3 Å². The van der Waals surface area contributed by atoms with Crippen LogP contribution in [0.15, 0.2) is 36.4 Å². The number of nitrogens with one attached hydrogen (secondary N) is 1. The monoisotopic (exact) mass is 649 g/mol. The molecule has 0 aliphatic rings. The van der Waals surface area contributed by atoms with Crippen molar-refractivity contribution in [2.24, 2.45) is 0 Å². The van der Waals surface area contributed by atoms with Gasteiger partial charge in [0.2, 0.25) is 0 Å². The molecule has 1 amide bonds. The first kappa shape index (κ1) is 33.8. The molecule has 0 fully saturated rings. The highest BCUT2D eigenvalue weighted by Crippen LogP contribution is 2.41. The molecule has 0 radical (unpaired) electrons. The Morgan fingerprint density at radius 3 is 2.02 bits per heavy atom. The molecular formula is C23H16Cl2F11NO2S. The minimum Gasteiger partial charge on any atom is -0.349 e. The van der Waals surface area contributed by atoms with Crippen LogP contribution in [0.3, 0.4) is 0 Å². The van der Waals surface area contributed by atoms with Crippen LogP contribution in [0.25, 0.3) is 5.83 Å². The average molecular weight is 650 g/mol. The minimum absolute atomic E-state index is 0.0608. The van der Waals surface area contributed by atoms with Crippen LogP contribution in [0.4, 0.5) is 48.3 Å². The van der Waals surface area contributed by atoms with E-state index >= 15 is 0 Å². The normalized spacial score (nSPS) is 15.5. The van der Waals surface area contributed by atoms with Crippen LogP contribution in [0.1, 0.15) is 39.9 Å². The van der Waals surface area contributed by atoms with E-state index in [0.29, 0.717) is 24.3 Å². The van der Waals surface area contributed by atoms with Crippen LogP contribution < -0.4 is 5.32 Å². The minimum atomic E-state index is -5.33. The standard InChI is InChI=1S/C23H16Cl2F11NO2S/c1-10(8-40(39)9-21(28,29)30)37-20(38)13-3-2-11(4-15(13)23(34,35)36)18(26)7-14(22(31,32)33)12-5-16(24)19(27)17(25)6-12/h2-7,10,14H,8-9H2,1H3,(H,37,38)/b18-7-. The molecule has 0 spiro atoms. The van der Waals surface area contributed by atoms with Crippen molar-refractivity contribution in [2.45, 2.75) is 37.4 Å². The zero-order valence-electron chi connectivity index (χ0n) is 19.7. The zero-order valence-corrected chi connectivity index (χ0v) is 22.0. The first-order chi connectivity index (χ1) is 18.1. The Morgan fingerprint density at radius 2 is 1.55 bits per heavy atom. The van der Waals surface area contributed by atoms with E-state index in [-0.39, 0.29) is 12.1 Å². The van der Waals surface area contributed by atoms with E-state index in [0.717, 1.165) is 6.92 Å². The molecule has 17 heteroatoms. The van der Waals surface area contributed by atoms with E-state index in [2.05, 4.69) is 0 Å². The van der Waals surface area contributed by atoms with Gasteiger partial charge in [-0.3, -0.25) is 9.00 Å². The van der Waals surface area contributed by atoms with Crippen molar-refractivity contribution in [1.29, 1.82) is 0 Å². The van der Waals surface area contributed by atoms with Crippen molar-refractivity contribution in [2.75, 3.05) is 11.5 Å². The maximum absolute atomic E-state index is 14.9. The van der Waals surface area contributed by atoms with E-state index < -0.39 is 103 Å². The lowest BCUT2D eigenvalue weighted by Gasteiger charge is -2.19. The van der Waals surface area contributed by atoms with Crippen LogP contribution >= 0.6 is 23.2 Å². The van der Waals surface area contributed by atoms with Gasteiger partial charge in [0.15, 0.2) is 5.82 Å². The number of hydrogen-bond donors (Lipinski definition) is 1. The second-order valence-electron chi connectivity index (χ2n) is 8.33. The van der Waals surface area contributed by atoms with Gasteiger partial charge in [-0.2, -0.15) is 39.5 Å². The third-order valence-electron chi connectivity index (χ3n) is 5.01. The topological polar surface area (TPSA) is 46.2 Å². The Balaban J connectivity index is 2.44. The lowest BCUT2D eigenvalue weighted by molar-refractivity contribution is -0.140. The van der Waals surface area contributed by atoms with Gasteiger partial charge < -0.3 is 5.32 Å². The van der Waals surface area contributed by atoms with E-state index in [9.17, 15) is 57.3 Å². The third kappa shape index (κ3) is 9.33. The summed E-state index contributed by atoms with van der Waals surface area (Å²) in [6.07, 6.45) is -15.4. The number of amides is 1. The quantitative estimate of drug-likeness (QED) is 0.231. The van der Waals surface area contributed by atoms with Gasteiger partial charge in [-0.05, 0) is 42.8 Å².